The molecule has 0 aliphatic heterocycles. The van der Waals surface area contributed by atoms with Crippen molar-refractivity contribution in [3.8, 4) is 0 Å². The van der Waals surface area contributed by atoms with Crippen LogP contribution in [0.25, 0.3) is 0 Å². The number of pyridine rings is 1. The summed E-state index contributed by atoms with van der Waals surface area (Å²) >= 11 is 1.28. The van der Waals surface area contributed by atoms with Crippen molar-refractivity contribution in [2.45, 2.75) is 18.9 Å². The highest BCUT2D eigenvalue weighted by molar-refractivity contribution is 7.99. The molecule has 0 atom stereocenters. The van der Waals surface area contributed by atoms with E-state index in [1.165, 1.54) is 11.8 Å². The molecule has 3 amide bonds. The largest absolute Gasteiger partial charge is 0.325 e. The zero-order chi connectivity index (χ0) is 15.9. The van der Waals surface area contributed by atoms with E-state index in [1.807, 2.05) is 50.2 Å². The monoisotopic (exact) mass is 315 g/mol. The van der Waals surface area contributed by atoms with Crippen LogP contribution in [0.5, 0.6) is 0 Å². The lowest BCUT2D eigenvalue weighted by Crippen LogP contribution is -2.35. The minimum Gasteiger partial charge on any atom is -0.307 e. The number of carbonyl (C=O) groups excluding carboxylic acids is 2. The maximum absolute atomic E-state index is 11.8. The van der Waals surface area contributed by atoms with Gasteiger partial charge in [-0.15, -0.1) is 0 Å². The Balaban J connectivity index is 1.82. The third-order valence-electron chi connectivity index (χ3n) is 2.87. The molecule has 0 bridgehead atoms. The van der Waals surface area contributed by atoms with Crippen LogP contribution in [0.1, 0.15) is 11.1 Å². The normalized spacial score (nSPS) is 10.1. The summed E-state index contributed by atoms with van der Waals surface area (Å²) in [5, 5.41) is 5.72. The number of benzene rings is 1. The van der Waals surface area contributed by atoms with Crippen LogP contribution in [-0.2, 0) is 4.79 Å². The Hall–Kier alpha value is -2.34. The first-order chi connectivity index (χ1) is 10.5. The number of thioether (sulfide) groups is 1. The molecule has 22 heavy (non-hydrogen) atoms. The van der Waals surface area contributed by atoms with Crippen LogP contribution in [0.3, 0.4) is 0 Å². The van der Waals surface area contributed by atoms with Crippen molar-refractivity contribution < 1.29 is 9.59 Å². The molecular formula is C16H17N3O2S. The predicted molar refractivity (Wildman–Crippen MR) is 88.0 cm³/mol. The van der Waals surface area contributed by atoms with Crippen molar-refractivity contribution in [3.63, 3.8) is 0 Å². The standard InChI is InChI=1S/C16H17N3O2S/c1-11-6-7-13(12(2)9-11)18-16(21)19-14(20)10-22-15-5-3-4-8-17-15/h3-9H,10H2,1-2H3,(H2,18,19,20,21). The molecule has 2 aromatic rings. The Morgan fingerprint density at radius 1 is 1.18 bits per heavy atom. The van der Waals surface area contributed by atoms with Gasteiger partial charge in [-0.1, -0.05) is 35.5 Å². The average molecular weight is 315 g/mol. The number of rotatable bonds is 4. The lowest BCUT2D eigenvalue weighted by molar-refractivity contribution is -0.117. The summed E-state index contributed by atoms with van der Waals surface area (Å²) in [4.78, 5) is 27.6. The number of anilines is 1. The maximum atomic E-state index is 11.8. The van der Waals surface area contributed by atoms with Crippen LogP contribution >= 0.6 is 11.8 Å². The van der Waals surface area contributed by atoms with Crippen LogP contribution in [-0.4, -0.2) is 22.7 Å². The molecule has 6 heteroatoms. The van der Waals surface area contributed by atoms with Gasteiger partial charge in [-0.2, -0.15) is 0 Å². The molecule has 0 radical (unpaired) electrons. The van der Waals surface area contributed by atoms with Crippen LogP contribution < -0.4 is 10.6 Å². The third kappa shape index (κ3) is 4.89. The second-order valence-electron chi connectivity index (χ2n) is 4.78. The first kappa shape index (κ1) is 16.0. The van der Waals surface area contributed by atoms with Gasteiger partial charge in [0, 0.05) is 11.9 Å². The average Bonchev–Trinajstić information content (AvgIpc) is 2.49. The number of carbonyl (C=O) groups is 2. The van der Waals surface area contributed by atoms with Crippen molar-refractivity contribution >= 4 is 29.4 Å². The molecule has 1 heterocycles. The van der Waals surface area contributed by atoms with E-state index in [2.05, 4.69) is 15.6 Å². The fourth-order valence-electron chi connectivity index (χ4n) is 1.84. The number of urea groups is 1. The molecule has 2 N–H and O–H groups in total. The van der Waals surface area contributed by atoms with Crippen molar-refractivity contribution in [2.75, 3.05) is 11.1 Å². The van der Waals surface area contributed by atoms with E-state index in [1.54, 1.807) is 6.20 Å². The van der Waals surface area contributed by atoms with Crippen LogP contribution in [0.2, 0.25) is 0 Å². The maximum Gasteiger partial charge on any atom is 0.325 e. The van der Waals surface area contributed by atoms with E-state index in [9.17, 15) is 9.59 Å². The zero-order valence-electron chi connectivity index (χ0n) is 12.4. The van der Waals surface area contributed by atoms with Gasteiger partial charge in [-0.25, -0.2) is 9.78 Å². The van der Waals surface area contributed by atoms with E-state index >= 15 is 0 Å². The number of hydrogen-bond acceptors (Lipinski definition) is 4. The van der Waals surface area contributed by atoms with Gasteiger partial charge >= 0.3 is 6.03 Å². The molecule has 0 aliphatic rings. The second kappa shape index (κ2) is 7.61. The van der Waals surface area contributed by atoms with Gasteiger partial charge in [0.05, 0.1) is 10.8 Å². The van der Waals surface area contributed by atoms with E-state index in [0.717, 1.165) is 16.2 Å². The lowest BCUT2D eigenvalue weighted by Gasteiger charge is -2.09. The van der Waals surface area contributed by atoms with Gasteiger partial charge < -0.3 is 5.32 Å². The minimum absolute atomic E-state index is 0.136. The van der Waals surface area contributed by atoms with Gasteiger partial charge in [0.1, 0.15) is 0 Å². The van der Waals surface area contributed by atoms with Gasteiger partial charge in [0.2, 0.25) is 5.91 Å². The minimum atomic E-state index is -0.529. The molecule has 0 fully saturated rings. The van der Waals surface area contributed by atoms with Crippen molar-refractivity contribution in [1.29, 1.82) is 0 Å². The molecule has 2 rings (SSSR count). The molecule has 0 aliphatic carbocycles. The van der Waals surface area contributed by atoms with E-state index in [-0.39, 0.29) is 11.7 Å². The SMILES string of the molecule is Cc1ccc(NC(=O)NC(=O)CSc2ccccn2)c(C)c1. The Kier molecular flexibility index (Phi) is 5.55. The quantitative estimate of drug-likeness (QED) is 0.850. The molecule has 114 valence electrons. The predicted octanol–water partition coefficient (Wildman–Crippen LogP) is 3.14. The molecule has 1 aromatic heterocycles. The number of aryl methyl sites for hydroxylation is 2. The fourth-order valence-corrected chi connectivity index (χ4v) is 2.50. The fraction of sp³-hybridized carbons (Fsp3) is 0.188. The van der Waals surface area contributed by atoms with Crippen molar-refractivity contribution in [3.05, 3.63) is 53.7 Å². The number of amides is 3. The highest BCUT2D eigenvalue weighted by atomic mass is 32.2. The lowest BCUT2D eigenvalue weighted by atomic mass is 10.1. The van der Waals surface area contributed by atoms with Crippen LogP contribution in [0.4, 0.5) is 10.5 Å². The Morgan fingerprint density at radius 2 is 2.00 bits per heavy atom. The Labute approximate surface area is 133 Å². The zero-order valence-corrected chi connectivity index (χ0v) is 13.2. The van der Waals surface area contributed by atoms with Crippen LogP contribution in [0, 0.1) is 13.8 Å². The third-order valence-corrected chi connectivity index (χ3v) is 3.82. The molecule has 1 aromatic carbocycles. The Morgan fingerprint density at radius 3 is 2.68 bits per heavy atom. The molecule has 0 saturated heterocycles. The van der Waals surface area contributed by atoms with E-state index < -0.39 is 6.03 Å². The summed E-state index contributed by atoms with van der Waals surface area (Å²) in [7, 11) is 0. The number of imide groups is 1. The summed E-state index contributed by atoms with van der Waals surface area (Å²) in [6.07, 6.45) is 1.66. The van der Waals surface area contributed by atoms with Gasteiger partial charge in [-0.3, -0.25) is 10.1 Å². The second-order valence-corrected chi connectivity index (χ2v) is 5.77. The smallest absolute Gasteiger partial charge is 0.307 e. The first-order valence-corrected chi connectivity index (χ1v) is 7.75. The number of nitrogens with one attached hydrogen (secondary N) is 2. The van der Waals surface area contributed by atoms with E-state index in [4.69, 9.17) is 0 Å². The highest BCUT2D eigenvalue weighted by Crippen LogP contribution is 2.16. The van der Waals surface area contributed by atoms with Crippen molar-refractivity contribution in [2.24, 2.45) is 0 Å². The van der Waals surface area contributed by atoms with Gasteiger partial charge in [0.15, 0.2) is 0 Å². The molecule has 0 spiro atoms. The van der Waals surface area contributed by atoms with Gasteiger partial charge in [0.25, 0.3) is 0 Å². The van der Waals surface area contributed by atoms with Gasteiger partial charge in [-0.05, 0) is 37.6 Å². The van der Waals surface area contributed by atoms with E-state index in [0.29, 0.717) is 5.69 Å². The summed E-state index contributed by atoms with van der Waals surface area (Å²) in [5.74, 6) is -0.227. The highest BCUT2D eigenvalue weighted by Gasteiger charge is 2.10. The first-order valence-electron chi connectivity index (χ1n) is 6.76. The number of aromatic nitrogens is 1. The summed E-state index contributed by atoms with van der Waals surface area (Å²) < 4.78 is 0. The summed E-state index contributed by atoms with van der Waals surface area (Å²) in [5.41, 5.74) is 2.75. The topological polar surface area (TPSA) is 71.1 Å². The van der Waals surface area contributed by atoms with Crippen LogP contribution in [0.15, 0.2) is 47.6 Å². The van der Waals surface area contributed by atoms with Crippen molar-refractivity contribution in [1.82, 2.24) is 10.3 Å². The number of hydrogen-bond donors (Lipinski definition) is 2. The Bertz CT molecular complexity index is 674. The molecule has 5 nitrogen and oxygen atoms in total. The molecule has 0 saturated carbocycles. The molecular weight excluding hydrogens is 298 g/mol. The number of nitrogens with zero attached hydrogens (tertiary/aromatic N) is 1. The molecule has 0 unspecified atom stereocenters. The summed E-state index contributed by atoms with van der Waals surface area (Å²) in [6, 6.07) is 10.6. The summed E-state index contributed by atoms with van der Waals surface area (Å²) in [6.45, 7) is 3.89.